The second kappa shape index (κ2) is 14.1. The van der Waals surface area contributed by atoms with Crippen LogP contribution in [0, 0.1) is 13.8 Å². The molecule has 1 rings (SSSR count). The van der Waals surface area contributed by atoms with Crippen molar-refractivity contribution >= 4 is 29.7 Å². The van der Waals surface area contributed by atoms with Gasteiger partial charge in [0.25, 0.3) is 0 Å². The van der Waals surface area contributed by atoms with Gasteiger partial charge in [-0.05, 0) is 92.7 Å². The highest BCUT2D eigenvalue weighted by Gasteiger charge is 2.42. The van der Waals surface area contributed by atoms with Gasteiger partial charge in [-0.15, -0.1) is 0 Å². The van der Waals surface area contributed by atoms with Gasteiger partial charge >= 0.3 is 6.09 Å². The van der Waals surface area contributed by atoms with Gasteiger partial charge in [0.15, 0.2) is 0 Å². The lowest BCUT2D eigenvalue weighted by Gasteiger charge is -2.43. The van der Waals surface area contributed by atoms with E-state index in [1.807, 2.05) is 66.0 Å². The average molecular weight is 536 g/mol. The van der Waals surface area contributed by atoms with Crippen molar-refractivity contribution in [2.24, 2.45) is 0 Å². The standard InChI is InChI=1S/C29H49N3O4S/c1-12-13-21(4)30-25(33)24(22-17-19(2)16-20(3)18-22)32(28(5,6)7)26(34)23(14-15-37-11)31-27(35)36-29(8,9)10/h16-18,21,23-24H,12-15H2,1-11H3,(H,30,33)(H,31,35). The van der Waals surface area contributed by atoms with Gasteiger partial charge in [0.2, 0.25) is 11.8 Å². The number of nitrogens with one attached hydrogen (secondary N) is 2. The quantitative estimate of drug-likeness (QED) is 0.367. The summed E-state index contributed by atoms with van der Waals surface area (Å²) in [6.07, 6.45) is 3.50. The Morgan fingerprint density at radius 3 is 2.00 bits per heavy atom. The van der Waals surface area contributed by atoms with Crippen LogP contribution in [0.5, 0.6) is 0 Å². The van der Waals surface area contributed by atoms with Gasteiger partial charge in [-0.3, -0.25) is 9.59 Å². The minimum Gasteiger partial charge on any atom is -0.444 e. The molecule has 7 nitrogen and oxygen atoms in total. The molecule has 0 fully saturated rings. The third-order valence-corrected chi connectivity index (χ3v) is 6.38. The summed E-state index contributed by atoms with van der Waals surface area (Å²) in [4.78, 5) is 42.5. The normalized spacial score (nSPS) is 14.4. The molecule has 2 N–H and O–H groups in total. The minimum atomic E-state index is -0.859. The predicted octanol–water partition coefficient (Wildman–Crippen LogP) is 5.92. The maximum atomic E-state index is 14.3. The number of aryl methyl sites for hydroxylation is 2. The Balaban J connectivity index is 3.61. The zero-order chi connectivity index (χ0) is 28.6. The van der Waals surface area contributed by atoms with E-state index in [4.69, 9.17) is 4.74 Å². The highest BCUT2D eigenvalue weighted by Crippen LogP contribution is 2.32. The fraction of sp³-hybridized carbons (Fsp3) is 0.690. The molecule has 1 aromatic carbocycles. The number of nitrogens with zero attached hydrogens (tertiary/aromatic N) is 1. The third kappa shape index (κ3) is 11.0. The molecule has 0 radical (unpaired) electrons. The van der Waals surface area contributed by atoms with Gasteiger partial charge in [-0.1, -0.05) is 42.7 Å². The highest BCUT2D eigenvalue weighted by molar-refractivity contribution is 7.98. The number of amides is 3. The van der Waals surface area contributed by atoms with Crippen LogP contribution in [0.1, 0.15) is 97.4 Å². The van der Waals surface area contributed by atoms with Crippen LogP contribution in [0.25, 0.3) is 0 Å². The maximum Gasteiger partial charge on any atom is 0.408 e. The van der Waals surface area contributed by atoms with Crippen molar-refractivity contribution in [2.75, 3.05) is 12.0 Å². The average Bonchev–Trinajstić information content (AvgIpc) is 2.71. The lowest BCUT2D eigenvalue weighted by atomic mass is 9.93. The summed E-state index contributed by atoms with van der Waals surface area (Å²) in [5.41, 5.74) is 1.38. The van der Waals surface area contributed by atoms with Crippen LogP contribution in [0.2, 0.25) is 0 Å². The second-order valence-corrected chi connectivity index (χ2v) is 12.9. The Hall–Kier alpha value is -2.22. The van der Waals surface area contributed by atoms with Crippen LogP contribution in [-0.4, -0.2) is 58.0 Å². The Kier molecular flexibility index (Phi) is 12.5. The molecule has 0 heterocycles. The molecule has 0 aromatic heterocycles. The first-order chi connectivity index (χ1) is 17.0. The molecular formula is C29H49N3O4S. The van der Waals surface area contributed by atoms with Crippen molar-refractivity contribution in [1.29, 1.82) is 0 Å². The molecule has 0 aliphatic rings. The van der Waals surface area contributed by atoms with Gasteiger partial charge in [-0.2, -0.15) is 11.8 Å². The van der Waals surface area contributed by atoms with Crippen molar-refractivity contribution in [3.63, 3.8) is 0 Å². The summed E-state index contributed by atoms with van der Waals surface area (Å²) in [6.45, 7) is 19.1. The van der Waals surface area contributed by atoms with E-state index in [1.54, 1.807) is 37.4 Å². The van der Waals surface area contributed by atoms with E-state index >= 15 is 0 Å². The molecule has 0 aliphatic heterocycles. The fourth-order valence-corrected chi connectivity index (χ4v) is 4.84. The Morgan fingerprint density at radius 1 is 0.973 bits per heavy atom. The van der Waals surface area contributed by atoms with Crippen LogP contribution in [0.3, 0.4) is 0 Å². The van der Waals surface area contributed by atoms with E-state index < -0.39 is 29.3 Å². The van der Waals surface area contributed by atoms with E-state index in [0.29, 0.717) is 12.2 Å². The molecular weight excluding hydrogens is 486 g/mol. The summed E-state index contributed by atoms with van der Waals surface area (Å²) in [5, 5.41) is 5.92. The van der Waals surface area contributed by atoms with Gasteiger partial charge in [0, 0.05) is 11.6 Å². The first-order valence-corrected chi connectivity index (χ1v) is 14.6. The van der Waals surface area contributed by atoms with E-state index in [-0.39, 0.29) is 17.9 Å². The lowest BCUT2D eigenvalue weighted by Crippen LogP contribution is -2.59. The van der Waals surface area contributed by atoms with E-state index in [1.165, 1.54) is 0 Å². The third-order valence-electron chi connectivity index (χ3n) is 5.74. The Bertz CT molecular complexity index is 900. The molecule has 0 aliphatic carbocycles. The number of ether oxygens (including phenoxy) is 1. The molecule has 0 bridgehead atoms. The summed E-state index contributed by atoms with van der Waals surface area (Å²) in [6, 6.07) is 4.25. The van der Waals surface area contributed by atoms with Crippen molar-refractivity contribution in [3.05, 3.63) is 34.9 Å². The van der Waals surface area contributed by atoms with E-state index in [0.717, 1.165) is 29.5 Å². The van der Waals surface area contributed by atoms with E-state index in [2.05, 4.69) is 17.6 Å². The molecule has 37 heavy (non-hydrogen) atoms. The van der Waals surface area contributed by atoms with Crippen molar-refractivity contribution in [1.82, 2.24) is 15.5 Å². The van der Waals surface area contributed by atoms with Gasteiger partial charge in [0.1, 0.15) is 17.7 Å². The number of rotatable bonds is 11. The first-order valence-electron chi connectivity index (χ1n) is 13.2. The second-order valence-electron chi connectivity index (χ2n) is 11.9. The van der Waals surface area contributed by atoms with Crippen LogP contribution < -0.4 is 10.6 Å². The molecule has 3 amide bonds. The van der Waals surface area contributed by atoms with Gasteiger partial charge in [-0.25, -0.2) is 4.79 Å². The topological polar surface area (TPSA) is 87.7 Å². The summed E-state index contributed by atoms with van der Waals surface area (Å²) in [7, 11) is 0. The van der Waals surface area contributed by atoms with Crippen molar-refractivity contribution < 1.29 is 19.1 Å². The number of carbonyl (C=O) groups is 3. The molecule has 210 valence electrons. The Labute approximate surface area is 228 Å². The maximum absolute atomic E-state index is 14.3. The number of alkyl carbamates (subject to hydrolysis) is 1. The SMILES string of the molecule is CCCC(C)NC(=O)C(c1cc(C)cc(C)c1)N(C(=O)C(CCSC)NC(=O)OC(C)(C)C)C(C)(C)C. The lowest BCUT2D eigenvalue weighted by molar-refractivity contribution is -0.148. The summed E-state index contributed by atoms with van der Waals surface area (Å²) in [5.74, 6) is 0.128. The van der Waals surface area contributed by atoms with E-state index in [9.17, 15) is 14.4 Å². The highest BCUT2D eigenvalue weighted by atomic mass is 32.2. The molecule has 0 saturated heterocycles. The zero-order valence-electron chi connectivity index (χ0n) is 24.8. The Morgan fingerprint density at radius 2 is 1.54 bits per heavy atom. The molecule has 3 atom stereocenters. The largest absolute Gasteiger partial charge is 0.444 e. The monoisotopic (exact) mass is 535 g/mol. The molecule has 0 spiro atoms. The van der Waals surface area contributed by atoms with Crippen LogP contribution in [0.15, 0.2) is 18.2 Å². The molecule has 8 heteroatoms. The number of hydrogen-bond acceptors (Lipinski definition) is 5. The number of carbonyl (C=O) groups excluding carboxylic acids is 3. The van der Waals surface area contributed by atoms with Crippen molar-refractivity contribution in [3.8, 4) is 0 Å². The fourth-order valence-electron chi connectivity index (χ4n) is 4.37. The van der Waals surface area contributed by atoms with Crippen molar-refractivity contribution in [2.45, 2.75) is 118 Å². The smallest absolute Gasteiger partial charge is 0.408 e. The van der Waals surface area contributed by atoms with Crippen LogP contribution >= 0.6 is 11.8 Å². The number of hydrogen-bond donors (Lipinski definition) is 2. The van der Waals surface area contributed by atoms with Crippen LogP contribution in [-0.2, 0) is 14.3 Å². The molecule has 3 unspecified atom stereocenters. The zero-order valence-corrected chi connectivity index (χ0v) is 25.6. The predicted molar refractivity (Wildman–Crippen MR) is 154 cm³/mol. The summed E-state index contributed by atoms with van der Waals surface area (Å²) >= 11 is 1.59. The number of thioether (sulfide) groups is 1. The minimum absolute atomic E-state index is 0.0324. The number of benzene rings is 1. The van der Waals surface area contributed by atoms with Crippen LogP contribution in [0.4, 0.5) is 4.79 Å². The molecule has 0 saturated carbocycles. The first kappa shape index (κ1) is 32.8. The molecule has 1 aromatic rings. The van der Waals surface area contributed by atoms with Gasteiger partial charge in [0.05, 0.1) is 0 Å². The summed E-state index contributed by atoms with van der Waals surface area (Å²) < 4.78 is 5.46. The van der Waals surface area contributed by atoms with Gasteiger partial charge < -0.3 is 20.3 Å².